The minimum absolute atomic E-state index is 0.901. The number of para-hydroxylation sites is 4. The second-order valence-electron chi connectivity index (χ2n) is 19.0. The summed E-state index contributed by atoms with van der Waals surface area (Å²) in [4.78, 5) is 8.16. The molecule has 4 heteroatoms. The fourth-order valence-corrected chi connectivity index (χ4v) is 12.7. The molecule has 0 N–H and O–H groups in total. The van der Waals surface area contributed by atoms with Crippen LogP contribution in [0.4, 0.5) is 34.1 Å². The van der Waals surface area contributed by atoms with Crippen LogP contribution in [0.5, 0.6) is 0 Å². The maximum Gasteiger partial charge on any atom is 0.0601 e. The van der Waals surface area contributed by atoms with Crippen LogP contribution in [0.25, 0.3) is 87.6 Å². The molecule has 0 unspecified atom stereocenters. The fraction of sp³-hybridized carbons (Fsp3) is 0. The van der Waals surface area contributed by atoms with Crippen LogP contribution < -0.4 is 9.80 Å². The van der Waals surface area contributed by atoms with Crippen molar-refractivity contribution >= 4 is 102 Å². The fourth-order valence-electron chi connectivity index (χ4n) is 11.3. The maximum atomic E-state index is 5.06. The molecule has 1 aliphatic rings. The second-order valence-corrected chi connectivity index (χ2v) is 20.5. The van der Waals surface area contributed by atoms with Gasteiger partial charge in [-0.2, -0.15) is 0 Å². The largest absolute Gasteiger partial charge is 0.309 e. The van der Waals surface area contributed by atoms with E-state index in [9.17, 15) is 0 Å². The van der Waals surface area contributed by atoms with Crippen molar-refractivity contribution in [2.75, 3.05) is 9.80 Å². The van der Waals surface area contributed by atoms with Gasteiger partial charge >= 0.3 is 0 Å². The first-order valence-electron chi connectivity index (χ1n) is 25.1. The van der Waals surface area contributed by atoms with Crippen molar-refractivity contribution in [1.82, 2.24) is 0 Å². The Hall–Kier alpha value is -8.80. The Kier molecular flexibility index (Phi) is 10.9. The molecule has 74 heavy (non-hydrogen) atoms. The number of rotatable bonds is 8. The normalized spacial score (nSPS) is 12.0. The molecule has 348 valence electrons. The van der Waals surface area contributed by atoms with E-state index in [2.05, 4.69) is 277 Å². The minimum atomic E-state index is 0.901. The van der Waals surface area contributed by atoms with Crippen LogP contribution in [0.2, 0.25) is 0 Å². The molecule has 1 heterocycles. The molecule has 13 aromatic carbocycles. The Balaban J connectivity index is 1.06. The van der Waals surface area contributed by atoms with Gasteiger partial charge in [-0.3, -0.25) is 0 Å². The number of hydrogen-bond acceptors (Lipinski definition) is 4. The molecule has 2 nitrogen and oxygen atoms in total. The molecule has 13 aromatic rings. The van der Waals surface area contributed by atoms with E-state index in [1.165, 1.54) is 92.3 Å². The molecule has 0 aliphatic carbocycles. The van der Waals surface area contributed by atoms with Crippen LogP contribution in [0.3, 0.4) is 0 Å². The third-order valence-electron chi connectivity index (χ3n) is 14.7. The third kappa shape index (κ3) is 7.53. The Labute approximate surface area is 440 Å². The van der Waals surface area contributed by atoms with Gasteiger partial charge in [0, 0.05) is 31.7 Å². The lowest BCUT2D eigenvalue weighted by atomic mass is 9.84. The zero-order valence-electron chi connectivity index (χ0n) is 40.2. The van der Waals surface area contributed by atoms with E-state index in [4.69, 9.17) is 12.6 Å². The average molecular weight is 979 g/mol. The van der Waals surface area contributed by atoms with Crippen molar-refractivity contribution < 1.29 is 0 Å². The minimum Gasteiger partial charge on any atom is -0.309 e. The lowest BCUT2D eigenvalue weighted by Crippen LogP contribution is -2.14. The molecule has 0 fully saturated rings. The molecule has 14 rings (SSSR count). The zero-order chi connectivity index (χ0) is 49.1. The van der Waals surface area contributed by atoms with E-state index in [0.29, 0.717) is 0 Å². The molecule has 0 amide bonds. The van der Waals surface area contributed by atoms with E-state index in [-0.39, 0.29) is 0 Å². The van der Waals surface area contributed by atoms with E-state index in [0.717, 1.165) is 44.2 Å². The first-order valence-corrected chi connectivity index (χ1v) is 26.4. The SMILES string of the molecule is Sc1ccccc1N(c1ccccc1)c1ccc2c(-c3ccc(-c4cccc5ccccc45)cc3)c3cc(N4c5ccccc5Sc5ccccc54)ccc3c(-c3ccc(-c4cccc5ccccc45)cc3)c2c1. The summed E-state index contributed by atoms with van der Waals surface area (Å²) in [5, 5.41) is 9.66. The lowest BCUT2D eigenvalue weighted by Gasteiger charge is -2.33. The monoisotopic (exact) mass is 978 g/mol. The zero-order valence-corrected chi connectivity index (χ0v) is 41.9. The second kappa shape index (κ2) is 18.4. The topological polar surface area (TPSA) is 6.48 Å². The molecule has 0 aromatic heterocycles. The van der Waals surface area contributed by atoms with Crippen molar-refractivity contribution in [3.63, 3.8) is 0 Å². The van der Waals surface area contributed by atoms with Crippen molar-refractivity contribution in [3.8, 4) is 44.5 Å². The van der Waals surface area contributed by atoms with Gasteiger partial charge in [0.25, 0.3) is 0 Å². The van der Waals surface area contributed by atoms with Gasteiger partial charge in [0.2, 0.25) is 0 Å². The van der Waals surface area contributed by atoms with Crippen LogP contribution in [-0.2, 0) is 0 Å². The number of hydrogen-bond donors (Lipinski definition) is 1. The standard InChI is InChI=1S/C70H46N2S2/c73-66-29-11-8-26-63(66)71(52-20-2-1-3-21-52)53-40-42-59-61(44-53)69(50-36-32-48(33-37-50)57-24-14-18-46-16-4-6-22-55(46)57)60-43-41-54(72-64-27-9-12-30-67(64)74-68-31-13-10-28-65(68)72)45-62(60)70(59)51-38-34-49(35-39-51)58-25-15-19-47-17-5-7-23-56(47)58/h1-45,73H. The molecule has 0 saturated heterocycles. The molecule has 0 bridgehead atoms. The predicted octanol–water partition coefficient (Wildman–Crippen LogP) is 20.7. The Morgan fingerprint density at radius 2 is 0.797 bits per heavy atom. The van der Waals surface area contributed by atoms with Crippen LogP contribution in [-0.4, -0.2) is 0 Å². The van der Waals surface area contributed by atoms with Gasteiger partial charge in [0.1, 0.15) is 0 Å². The molecular formula is C70H46N2S2. The van der Waals surface area contributed by atoms with E-state index < -0.39 is 0 Å². The van der Waals surface area contributed by atoms with Gasteiger partial charge in [0.15, 0.2) is 0 Å². The molecule has 1 aliphatic heterocycles. The maximum absolute atomic E-state index is 5.06. The Morgan fingerprint density at radius 1 is 0.324 bits per heavy atom. The molecule has 0 atom stereocenters. The lowest BCUT2D eigenvalue weighted by molar-refractivity contribution is 1.17. The van der Waals surface area contributed by atoms with Crippen molar-refractivity contribution in [3.05, 3.63) is 273 Å². The highest BCUT2D eigenvalue weighted by atomic mass is 32.2. The summed E-state index contributed by atoms with van der Waals surface area (Å²) in [5.41, 5.74) is 16.1. The van der Waals surface area contributed by atoms with Crippen LogP contribution in [0.1, 0.15) is 0 Å². The molecule has 0 radical (unpaired) electrons. The summed E-state index contributed by atoms with van der Waals surface area (Å²) in [6.45, 7) is 0. The third-order valence-corrected chi connectivity index (χ3v) is 16.2. The highest BCUT2D eigenvalue weighted by Crippen LogP contribution is 2.54. The van der Waals surface area contributed by atoms with Gasteiger partial charge in [-0.15, -0.1) is 12.6 Å². The van der Waals surface area contributed by atoms with Gasteiger partial charge in [0.05, 0.1) is 17.1 Å². The molecular weight excluding hydrogens is 933 g/mol. The number of thiol groups is 1. The highest BCUT2D eigenvalue weighted by molar-refractivity contribution is 7.99. The van der Waals surface area contributed by atoms with Crippen LogP contribution in [0, 0.1) is 0 Å². The van der Waals surface area contributed by atoms with E-state index in [1.807, 2.05) is 17.8 Å². The van der Waals surface area contributed by atoms with E-state index >= 15 is 0 Å². The number of nitrogens with zero attached hydrogens (tertiary/aromatic N) is 2. The molecule has 0 saturated carbocycles. The van der Waals surface area contributed by atoms with Gasteiger partial charge in [-0.25, -0.2) is 0 Å². The summed E-state index contributed by atoms with van der Waals surface area (Å²) < 4.78 is 0. The van der Waals surface area contributed by atoms with Gasteiger partial charge < -0.3 is 9.80 Å². The quantitative estimate of drug-likeness (QED) is 0.120. The summed E-state index contributed by atoms with van der Waals surface area (Å²) in [6, 6.07) is 99.9. The first kappa shape index (κ1) is 43.9. The highest BCUT2D eigenvalue weighted by Gasteiger charge is 2.27. The number of anilines is 6. The predicted molar refractivity (Wildman–Crippen MR) is 319 cm³/mol. The average Bonchev–Trinajstić information content (AvgIpc) is 3.48. The number of benzene rings is 13. The summed E-state index contributed by atoms with van der Waals surface area (Å²) in [7, 11) is 0. The van der Waals surface area contributed by atoms with Crippen LogP contribution >= 0.6 is 24.4 Å². The Morgan fingerprint density at radius 3 is 1.39 bits per heavy atom. The summed E-state index contributed by atoms with van der Waals surface area (Å²) in [6.07, 6.45) is 0. The van der Waals surface area contributed by atoms with E-state index in [1.54, 1.807) is 0 Å². The van der Waals surface area contributed by atoms with Crippen molar-refractivity contribution in [2.45, 2.75) is 14.7 Å². The summed E-state index contributed by atoms with van der Waals surface area (Å²) >= 11 is 6.90. The first-order chi connectivity index (χ1) is 36.6. The van der Waals surface area contributed by atoms with Crippen molar-refractivity contribution in [2.24, 2.45) is 0 Å². The Bertz CT molecular complexity index is 4040. The van der Waals surface area contributed by atoms with Gasteiger partial charge in [-0.1, -0.05) is 212 Å². The van der Waals surface area contributed by atoms with Gasteiger partial charge in [-0.05, 0) is 160 Å². The molecule has 0 spiro atoms. The summed E-state index contributed by atoms with van der Waals surface area (Å²) in [5.74, 6) is 0. The van der Waals surface area contributed by atoms with Crippen molar-refractivity contribution in [1.29, 1.82) is 0 Å². The number of fused-ring (bicyclic) bond motifs is 6. The smallest absolute Gasteiger partial charge is 0.0601 e. The van der Waals surface area contributed by atoms with Crippen LogP contribution in [0.15, 0.2) is 288 Å².